The maximum atomic E-state index is 12.9. The molecule has 1 aliphatic heterocycles. The molecule has 1 N–H and O–H groups in total. The van der Waals surface area contributed by atoms with E-state index in [2.05, 4.69) is 13.8 Å². The fourth-order valence-corrected chi connectivity index (χ4v) is 3.81. The summed E-state index contributed by atoms with van der Waals surface area (Å²) in [5.41, 5.74) is 1.77. The molecule has 0 spiro atoms. The molecule has 0 aromatic heterocycles. The number of benzene rings is 2. The Morgan fingerprint density at radius 2 is 1.73 bits per heavy atom. The van der Waals surface area contributed by atoms with Crippen LogP contribution in [0.3, 0.4) is 0 Å². The number of allylic oxidation sites excluding steroid dienone is 1. The van der Waals surface area contributed by atoms with Crippen molar-refractivity contribution in [1.82, 2.24) is 0 Å². The molecule has 6 nitrogen and oxygen atoms in total. The number of carbonyl (C=O) groups excluding carboxylic acids is 1. The van der Waals surface area contributed by atoms with Gasteiger partial charge >= 0.3 is 0 Å². The Bertz CT molecular complexity index is 945. The monoisotopic (exact) mass is 411 g/mol. The van der Waals surface area contributed by atoms with Gasteiger partial charge in [-0.15, -0.1) is 0 Å². The fourth-order valence-electron chi connectivity index (χ4n) is 3.81. The van der Waals surface area contributed by atoms with E-state index in [1.165, 1.54) is 11.0 Å². The number of carbonyl (C=O) groups is 1. The van der Waals surface area contributed by atoms with E-state index in [0.29, 0.717) is 34.9 Å². The number of hydrogen-bond acceptors (Lipinski definition) is 5. The highest BCUT2D eigenvalue weighted by Gasteiger charge is 2.31. The van der Waals surface area contributed by atoms with Gasteiger partial charge in [0.05, 0.1) is 32.9 Å². The first-order valence-corrected chi connectivity index (χ1v) is 10.3. The molecular weight excluding hydrogens is 382 g/mol. The van der Waals surface area contributed by atoms with E-state index in [9.17, 15) is 9.90 Å². The molecule has 160 valence electrons. The number of ether oxygens (including phenoxy) is 3. The zero-order valence-corrected chi connectivity index (χ0v) is 18.0. The molecule has 3 rings (SSSR count). The Hall–Kier alpha value is -2.99. The van der Waals surface area contributed by atoms with Crippen LogP contribution in [-0.2, 0) is 6.54 Å². The van der Waals surface area contributed by atoms with Crippen molar-refractivity contribution in [1.29, 1.82) is 0 Å². The van der Waals surface area contributed by atoms with Crippen LogP contribution in [0.5, 0.6) is 23.0 Å². The number of methoxy groups -OCH3 is 2. The lowest BCUT2D eigenvalue weighted by Crippen LogP contribution is -3.10. The molecule has 0 bridgehead atoms. The van der Waals surface area contributed by atoms with Crippen molar-refractivity contribution < 1.29 is 29.0 Å². The molecule has 0 radical (unpaired) electrons. The number of Topliss-reactive ketones (excluding diaryl/α,β-unsaturated/α-hetero) is 1. The number of nitrogens with one attached hydrogen (secondary N) is 1. The predicted molar refractivity (Wildman–Crippen MR) is 113 cm³/mol. The van der Waals surface area contributed by atoms with E-state index < -0.39 is 0 Å². The van der Waals surface area contributed by atoms with Crippen LogP contribution in [0.15, 0.2) is 36.1 Å². The van der Waals surface area contributed by atoms with Gasteiger partial charge in [-0.25, -0.2) is 0 Å². The van der Waals surface area contributed by atoms with E-state index in [1.54, 1.807) is 38.5 Å². The lowest BCUT2D eigenvalue weighted by molar-refractivity contribution is -0.914. The minimum Gasteiger partial charge on any atom is -0.872 e. The Labute approximate surface area is 177 Å². The first kappa shape index (κ1) is 21.7. The van der Waals surface area contributed by atoms with Gasteiger partial charge < -0.3 is 24.2 Å². The number of fused-ring (bicyclic) bond motifs is 1. The molecule has 30 heavy (non-hydrogen) atoms. The van der Waals surface area contributed by atoms with E-state index in [-0.39, 0.29) is 17.3 Å². The molecule has 0 fully saturated rings. The summed E-state index contributed by atoms with van der Waals surface area (Å²) in [5.74, 6) is 1.48. The maximum absolute atomic E-state index is 12.9. The van der Waals surface area contributed by atoms with Crippen LogP contribution in [0, 0.1) is 0 Å². The van der Waals surface area contributed by atoms with Gasteiger partial charge in [-0.3, -0.25) is 4.79 Å². The zero-order chi connectivity index (χ0) is 21.7. The zero-order valence-electron chi connectivity index (χ0n) is 18.0. The minimum absolute atomic E-state index is 0.0846. The summed E-state index contributed by atoms with van der Waals surface area (Å²) < 4.78 is 16.5. The molecule has 1 aliphatic rings. The van der Waals surface area contributed by atoms with E-state index in [0.717, 1.165) is 31.5 Å². The second-order valence-corrected chi connectivity index (χ2v) is 7.40. The van der Waals surface area contributed by atoms with Crippen molar-refractivity contribution in [3.05, 3.63) is 52.8 Å². The molecule has 1 heterocycles. The molecule has 2 aromatic rings. The molecule has 0 unspecified atom stereocenters. The highest BCUT2D eigenvalue weighted by atomic mass is 16.5. The summed E-state index contributed by atoms with van der Waals surface area (Å²) in [5, 5.41) is 12.6. The van der Waals surface area contributed by atoms with Gasteiger partial charge in [-0.1, -0.05) is 31.7 Å². The molecule has 0 saturated carbocycles. The summed E-state index contributed by atoms with van der Waals surface area (Å²) >= 11 is 0. The van der Waals surface area contributed by atoms with Crippen LogP contribution in [0.2, 0.25) is 0 Å². The van der Waals surface area contributed by atoms with Gasteiger partial charge in [0.25, 0.3) is 0 Å². The van der Waals surface area contributed by atoms with Crippen molar-refractivity contribution in [2.45, 2.75) is 33.2 Å². The Balaban J connectivity index is 1.93. The van der Waals surface area contributed by atoms with Crippen LogP contribution in [0.4, 0.5) is 0 Å². The summed E-state index contributed by atoms with van der Waals surface area (Å²) in [6.07, 6.45) is 3.73. The topological polar surface area (TPSA) is 72.3 Å². The average molecular weight is 411 g/mol. The van der Waals surface area contributed by atoms with Gasteiger partial charge in [0.2, 0.25) is 5.78 Å². The summed E-state index contributed by atoms with van der Waals surface area (Å²) in [6, 6.07) is 8.42. The molecule has 2 aromatic carbocycles. The fraction of sp³-hybridized carbons (Fsp3) is 0.375. The Kier molecular flexibility index (Phi) is 7.00. The van der Waals surface area contributed by atoms with E-state index in [4.69, 9.17) is 14.2 Å². The second-order valence-electron chi connectivity index (χ2n) is 7.40. The highest BCUT2D eigenvalue weighted by molar-refractivity contribution is 6.15. The quantitative estimate of drug-likeness (QED) is 0.642. The van der Waals surface area contributed by atoms with Gasteiger partial charge in [-0.05, 0) is 42.7 Å². The molecule has 0 aliphatic carbocycles. The number of ketones is 1. The molecule has 0 amide bonds. The van der Waals surface area contributed by atoms with Crippen molar-refractivity contribution >= 4 is 11.9 Å². The van der Waals surface area contributed by atoms with Crippen molar-refractivity contribution in [3.63, 3.8) is 0 Å². The third kappa shape index (κ3) is 4.44. The summed E-state index contributed by atoms with van der Waals surface area (Å²) in [6.45, 7) is 6.76. The number of rotatable bonds is 9. The van der Waals surface area contributed by atoms with Gasteiger partial charge in [0.15, 0.2) is 17.3 Å². The van der Waals surface area contributed by atoms with E-state index in [1.807, 2.05) is 6.07 Å². The number of hydrogen-bond donors (Lipinski definition) is 1. The summed E-state index contributed by atoms with van der Waals surface area (Å²) in [4.78, 5) is 14.2. The molecule has 0 atom stereocenters. The molecular formula is C24H29NO5. The summed E-state index contributed by atoms with van der Waals surface area (Å²) in [7, 11) is 3.13. The normalized spacial score (nSPS) is 14.2. The minimum atomic E-state index is -0.214. The SMILES string of the molecule is CCC[NH+](CCC)Cc1c([O-])ccc2c1OC(=Cc1ccc(OC)c(OC)c1)C2=O. The Morgan fingerprint density at radius 1 is 1.03 bits per heavy atom. The standard InChI is InChI=1S/C24H29NO5/c1-5-11-25(12-6-2)15-18-19(26)9-8-17-23(27)22(30-24(17)18)14-16-7-10-20(28-3)21(13-16)29-4/h7-10,13-14,26H,5-6,11-12,15H2,1-4H3. The molecule has 0 saturated heterocycles. The van der Waals surface area contributed by atoms with Crippen LogP contribution < -0.4 is 24.2 Å². The van der Waals surface area contributed by atoms with Gasteiger partial charge in [0.1, 0.15) is 12.3 Å². The smallest absolute Gasteiger partial charge is 0.231 e. The second kappa shape index (κ2) is 9.67. The van der Waals surface area contributed by atoms with Crippen LogP contribution >= 0.6 is 0 Å². The van der Waals surface area contributed by atoms with Crippen LogP contribution in [-0.4, -0.2) is 33.1 Å². The lowest BCUT2D eigenvalue weighted by Gasteiger charge is -2.23. The van der Waals surface area contributed by atoms with Crippen LogP contribution in [0.1, 0.15) is 48.2 Å². The first-order valence-electron chi connectivity index (χ1n) is 10.3. The first-order chi connectivity index (χ1) is 14.5. The van der Waals surface area contributed by atoms with Gasteiger partial charge in [-0.2, -0.15) is 0 Å². The van der Waals surface area contributed by atoms with Gasteiger partial charge in [0, 0.05) is 5.56 Å². The van der Waals surface area contributed by atoms with Crippen molar-refractivity contribution in [3.8, 4) is 23.0 Å². The lowest BCUT2D eigenvalue weighted by atomic mass is 10.0. The van der Waals surface area contributed by atoms with Crippen molar-refractivity contribution in [2.75, 3.05) is 27.3 Å². The van der Waals surface area contributed by atoms with E-state index >= 15 is 0 Å². The maximum Gasteiger partial charge on any atom is 0.231 e. The molecule has 6 heteroatoms. The predicted octanol–water partition coefficient (Wildman–Crippen LogP) is 2.60. The largest absolute Gasteiger partial charge is 0.872 e. The highest BCUT2D eigenvalue weighted by Crippen LogP contribution is 2.38. The third-order valence-corrected chi connectivity index (χ3v) is 5.24. The number of quaternary nitrogens is 1. The van der Waals surface area contributed by atoms with Crippen molar-refractivity contribution in [2.24, 2.45) is 0 Å². The Morgan fingerprint density at radius 3 is 2.37 bits per heavy atom. The average Bonchev–Trinajstić information content (AvgIpc) is 3.06. The van der Waals surface area contributed by atoms with Crippen LogP contribution in [0.25, 0.3) is 6.08 Å². The third-order valence-electron chi connectivity index (χ3n) is 5.24.